The molecule has 1 fully saturated rings. The van der Waals surface area contributed by atoms with E-state index in [2.05, 4.69) is 0 Å². The first kappa shape index (κ1) is 24.3. The van der Waals surface area contributed by atoms with E-state index < -0.39 is 24.1 Å². The summed E-state index contributed by atoms with van der Waals surface area (Å²) >= 11 is 0. The van der Waals surface area contributed by atoms with Gasteiger partial charge in [-0.15, -0.1) is 0 Å². The highest BCUT2D eigenvalue weighted by Gasteiger charge is 2.38. The van der Waals surface area contributed by atoms with E-state index >= 15 is 0 Å². The molecule has 0 aliphatic carbocycles. The van der Waals surface area contributed by atoms with Crippen LogP contribution in [0.25, 0.3) is 0 Å². The predicted octanol–water partition coefficient (Wildman–Crippen LogP) is 3.44. The van der Waals surface area contributed by atoms with Crippen LogP contribution in [0.2, 0.25) is 0 Å². The minimum atomic E-state index is -1.05. The number of likely N-dealkylation sites (tertiary alicyclic amines) is 1. The van der Waals surface area contributed by atoms with Crippen LogP contribution in [0.15, 0.2) is 48.5 Å². The standard InChI is InChI=1S/C24H30N2O7/c1-30-21-12-7-11-18(22(21)31-2)23(27)26(32-3)19-15-25(24(28)29)14-8-13-20(19)33-16-17-9-5-4-6-10-17/h4-7,9-12,19-20H,8,13-16H2,1-3H3,(H,28,29)/t19-,20-/m1/s1. The van der Waals surface area contributed by atoms with Crippen LogP contribution in [0.3, 0.4) is 0 Å². The number of benzene rings is 2. The molecule has 0 aromatic heterocycles. The van der Waals surface area contributed by atoms with E-state index in [0.717, 1.165) is 5.56 Å². The van der Waals surface area contributed by atoms with Crippen molar-refractivity contribution >= 4 is 12.0 Å². The molecule has 1 saturated heterocycles. The minimum Gasteiger partial charge on any atom is -0.493 e. The molecule has 2 atom stereocenters. The summed E-state index contributed by atoms with van der Waals surface area (Å²) in [4.78, 5) is 32.2. The molecule has 1 heterocycles. The van der Waals surface area contributed by atoms with Gasteiger partial charge in [0.1, 0.15) is 6.04 Å². The van der Waals surface area contributed by atoms with Crippen LogP contribution in [-0.4, -0.2) is 73.6 Å². The van der Waals surface area contributed by atoms with Gasteiger partial charge in [-0.2, -0.15) is 0 Å². The predicted molar refractivity (Wildman–Crippen MR) is 120 cm³/mol. The SMILES string of the molecule is COc1cccc(C(=O)N(OC)[C@@H]2CN(C(=O)O)CCC[C@H]2OCc2ccccc2)c1OC. The first-order chi connectivity index (χ1) is 16.0. The van der Waals surface area contributed by atoms with Gasteiger partial charge in [0.15, 0.2) is 11.5 Å². The molecule has 0 radical (unpaired) electrons. The molecule has 0 saturated carbocycles. The quantitative estimate of drug-likeness (QED) is 0.605. The largest absolute Gasteiger partial charge is 0.493 e. The van der Waals surface area contributed by atoms with Crippen LogP contribution in [0.1, 0.15) is 28.8 Å². The van der Waals surface area contributed by atoms with E-state index in [1.165, 1.54) is 31.3 Å². The second-order valence-electron chi connectivity index (χ2n) is 7.63. The molecule has 1 N–H and O–H groups in total. The highest BCUT2D eigenvalue weighted by molar-refractivity contribution is 5.97. The molecule has 2 aromatic rings. The van der Waals surface area contributed by atoms with Gasteiger partial charge >= 0.3 is 6.09 Å². The van der Waals surface area contributed by atoms with E-state index in [0.29, 0.717) is 31.7 Å². The second-order valence-corrected chi connectivity index (χ2v) is 7.63. The summed E-state index contributed by atoms with van der Waals surface area (Å²) in [6.45, 7) is 0.745. The van der Waals surface area contributed by atoms with E-state index in [1.54, 1.807) is 18.2 Å². The molecule has 9 heteroatoms. The highest BCUT2D eigenvalue weighted by atomic mass is 16.7. The van der Waals surface area contributed by atoms with Crippen molar-refractivity contribution in [2.24, 2.45) is 0 Å². The number of carbonyl (C=O) groups excluding carboxylic acids is 1. The van der Waals surface area contributed by atoms with Gasteiger partial charge in [0.05, 0.1) is 39.6 Å². The number of hydrogen-bond acceptors (Lipinski definition) is 6. The zero-order valence-corrected chi connectivity index (χ0v) is 19.1. The average molecular weight is 459 g/mol. The number of carbonyl (C=O) groups is 2. The molecule has 3 rings (SSSR count). The molecule has 1 aliphatic heterocycles. The third-order valence-electron chi connectivity index (χ3n) is 5.66. The molecule has 0 bridgehead atoms. The number of ether oxygens (including phenoxy) is 3. The number of hydrogen-bond donors (Lipinski definition) is 1. The topological polar surface area (TPSA) is 97.8 Å². The van der Waals surface area contributed by atoms with Gasteiger partial charge in [0, 0.05) is 13.1 Å². The Morgan fingerprint density at radius 3 is 2.45 bits per heavy atom. The summed E-state index contributed by atoms with van der Waals surface area (Å²) in [5, 5.41) is 10.8. The molecule has 2 amide bonds. The average Bonchev–Trinajstić information content (AvgIpc) is 3.06. The molecule has 33 heavy (non-hydrogen) atoms. The van der Waals surface area contributed by atoms with Crippen LogP contribution in [0.4, 0.5) is 4.79 Å². The van der Waals surface area contributed by atoms with Gasteiger partial charge in [-0.3, -0.25) is 9.63 Å². The number of para-hydroxylation sites is 1. The highest BCUT2D eigenvalue weighted by Crippen LogP contribution is 2.33. The van der Waals surface area contributed by atoms with E-state index in [4.69, 9.17) is 19.0 Å². The maximum atomic E-state index is 13.6. The third kappa shape index (κ3) is 5.74. The summed E-state index contributed by atoms with van der Waals surface area (Å²) in [6, 6.07) is 14.0. The Morgan fingerprint density at radius 2 is 1.82 bits per heavy atom. The normalized spacial score (nSPS) is 18.3. The fourth-order valence-corrected chi connectivity index (χ4v) is 4.02. The van der Waals surface area contributed by atoms with Gasteiger partial charge < -0.3 is 24.2 Å². The van der Waals surface area contributed by atoms with E-state index in [1.807, 2.05) is 30.3 Å². The molecular formula is C24H30N2O7. The van der Waals surface area contributed by atoms with Crippen molar-refractivity contribution in [3.05, 3.63) is 59.7 Å². The lowest BCUT2D eigenvalue weighted by atomic mass is 10.1. The Kier molecular flexibility index (Phi) is 8.51. The van der Waals surface area contributed by atoms with Crippen molar-refractivity contribution in [2.75, 3.05) is 34.4 Å². The van der Waals surface area contributed by atoms with Gasteiger partial charge in [0.25, 0.3) is 5.91 Å². The summed E-state index contributed by atoms with van der Waals surface area (Å²) in [6.07, 6.45) is -0.304. The number of hydroxylamine groups is 2. The molecule has 0 spiro atoms. The lowest BCUT2D eigenvalue weighted by Gasteiger charge is -2.35. The van der Waals surface area contributed by atoms with Crippen LogP contribution in [0, 0.1) is 0 Å². The van der Waals surface area contributed by atoms with Gasteiger partial charge in [-0.05, 0) is 30.5 Å². The van der Waals surface area contributed by atoms with Crippen molar-refractivity contribution in [3.8, 4) is 11.5 Å². The summed E-state index contributed by atoms with van der Waals surface area (Å²) in [5.41, 5.74) is 1.23. The smallest absolute Gasteiger partial charge is 0.407 e. The molecule has 0 unspecified atom stereocenters. The minimum absolute atomic E-state index is 0.0562. The van der Waals surface area contributed by atoms with Crippen molar-refractivity contribution in [1.82, 2.24) is 9.96 Å². The van der Waals surface area contributed by atoms with E-state index in [9.17, 15) is 14.7 Å². The molecule has 2 aromatic carbocycles. The summed E-state index contributed by atoms with van der Waals surface area (Å²) < 4.78 is 16.9. The number of carboxylic acid groups (broad SMARTS) is 1. The fourth-order valence-electron chi connectivity index (χ4n) is 4.02. The van der Waals surface area contributed by atoms with Crippen LogP contribution < -0.4 is 9.47 Å². The molecule has 1 aliphatic rings. The Bertz CT molecular complexity index is 938. The first-order valence-electron chi connectivity index (χ1n) is 10.7. The lowest BCUT2D eigenvalue weighted by Crippen LogP contribution is -2.52. The first-order valence-corrected chi connectivity index (χ1v) is 10.7. The van der Waals surface area contributed by atoms with Crippen LogP contribution >= 0.6 is 0 Å². The Morgan fingerprint density at radius 1 is 1.06 bits per heavy atom. The van der Waals surface area contributed by atoms with Gasteiger partial charge in [-0.1, -0.05) is 36.4 Å². The van der Waals surface area contributed by atoms with Crippen LogP contribution in [-0.2, 0) is 16.2 Å². The zero-order chi connectivity index (χ0) is 23.8. The molecule has 9 nitrogen and oxygen atoms in total. The Hall–Kier alpha value is -3.30. The Balaban J connectivity index is 1.92. The lowest BCUT2D eigenvalue weighted by molar-refractivity contribution is -0.160. The van der Waals surface area contributed by atoms with Crippen molar-refractivity contribution in [3.63, 3.8) is 0 Å². The number of nitrogens with zero attached hydrogens (tertiary/aromatic N) is 2. The van der Waals surface area contributed by atoms with Gasteiger partial charge in [0.2, 0.25) is 0 Å². The summed E-state index contributed by atoms with van der Waals surface area (Å²) in [7, 11) is 4.33. The Labute approximate surface area is 193 Å². The second kappa shape index (κ2) is 11.5. The monoisotopic (exact) mass is 458 g/mol. The molecule has 178 valence electrons. The maximum absolute atomic E-state index is 13.6. The number of methoxy groups -OCH3 is 2. The van der Waals surface area contributed by atoms with Crippen molar-refractivity contribution < 1.29 is 33.7 Å². The maximum Gasteiger partial charge on any atom is 0.407 e. The number of rotatable bonds is 8. The molecular weight excluding hydrogens is 428 g/mol. The van der Waals surface area contributed by atoms with Gasteiger partial charge in [-0.25, -0.2) is 9.86 Å². The zero-order valence-electron chi connectivity index (χ0n) is 19.1. The third-order valence-corrected chi connectivity index (χ3v) is 5.66. The summed E-state index contributed by atoms with van der Waals surface area (Å²) in [5.74, 6) is 0.209. The van der Waals surface area contributed by atoms with Crippen molar-refractivity contribution in [1.29, 1.82) is 0 Å². The van der Waals surface area contributed by atoms with E-state index in [-0.39, 0.29) is 17.9 Å². The fraction of sp³-hybridized carbons (Fsp3) is 0.417. The number of amides is 2. The van der Waals surface area contributed by atoms with Crippen LogP contribution in [0.5, 0.6) is 11.5 Å². The van der Waals surface area contributed by atoms with Crippen molar-refractivity contribution in [2.45, 2.75) is 31.6 Å².